The van der Waals surface area contributed by atoms with Crippen molar-refractivity contribution in [1.82, 2.24) is 9.78 Å². The highest BCUT2D eigenvalue weighted by molar-refractivity contribution is 7.99. The van der Waals surface area contributed by atoms with Gasteiger partial charge in [0.15, 0.2) is 0 Å². The molecule has 0 spiro atoms. The lowest BCUT2D eigenvalue weighted by Gasteiger charge is -2.08. The lowest BCUT2D eigenvalue weighted by molar-refractivity contribution is -0.143. The van der Waals surface area contributed by atoms with E-state index < -0.39 is 0 Å². The number of hydrogen-bond donors (Lipinski definition) is 0. The van der Waals surface area contributed by atoms with Crippen molar-refractivity contribution in [3.8, 4) is 0 Å². The van der Waals surface area contributed by atoms with Gasteiger partial charge in [-0.25, -0.2) is 0 Å². The minimum atomic E-state index is -0.131. The van der Waals surface area contributed by atoms with Gasteiger partial charge in [0.2, 0.25) is 0 Å². The second kappa shape index (κ2) is 6.58. The van der Waals surface area contributed by atoms with Crippen LogP contribution in [0.2, 0.25) is 0 Å². The Morgan fingerprint density at radius 1 is 1.69 bits per heavy atom. The molecule has 0 aliphatic rings. The molecule has 1 aromatic heterocycles. The van der Waals surface area contributed by atoms with Crippen molar-refractivity contribution in [2.24, 2.45) is 13.0 Å². The first kappa shape index (κ1) is 13.1. The lowest BCUT2D eigenvalue weighted by Crippen LogP contribution is -2.15. The van der Waals surface area contributed by atoms with Crippen LogP contribution >= 0.6 is 11.8 Å². The fraction of sp³-hybridized carbons (Fsp3) is 0.636. The summed E-state index contributed by atoms with van der Waals surface area (Å²) in [6.07, 6.45) is 2.78. The van der Waals surface area contributed by atoms with Gasteiger partial charge in [0.25, 0.3) is 0 Å². The predicted octanol–water partition coefficient (Wildman–Crippen LogP) is 1.50. The van der Waals surface area contributed by atoms with E-state index in [-0.39, 0.29) is 11.9 Å². The summed E-state index contributed by atoms with van der Waals surface area (Å²) in [4.78, 5) is 11.1. The highest BCUT2D eigenvalue weighted by Gasteiger charge is 2.12. The lowest BCUT2D eigenvalue weighted by atomic mass is 10.2. The molecule has 1 atom stereocenters. The van der Waals surface area contributed by atoms with Gasteiger partial charge >= 0.3 is 5.97 Å². The van der Waals surface area contributed by atoms with Crippen molar-refractivity contribution in [2.75, 3.05) is 18.6 Å². The highest BCUT2D eigenvalue weighted by Crippen LogP contribution is 2.11. The van der Waals surface area contributed by atoms with E-state index in [4.69, 9.17) is 0 Å². The summed E-state index contributed by atoms with van der Waals surface area (Å²) in [5.41, 5.74) is 1.22. The first-order chi connectivity index (χ1) is 7.65. The van der Waals surface area contributed by atoms with Gasteiger partial charge in [0.1, 0.15) is 0 Å². The Morgan fingerprint density at radius 2 is 2.44 bits per heavy atom. The van der Waals surface area contributed by atoms with E-state index in [1.165, 1.54) is 12.8 Å². The Bertz CT molecular complexity index is 338. The van der Waals surface area contributed by atoms with Crippen LogP contribution < -0.4 is 0 Å². The topological polar surface area (TPSA) is 44.1 Å². The number of thioether (sulfide) groups is 1. The molecule has 0 aliphatic carbocycles. The molecule has 0 amide bonds. The van der Waals surface area contributed by atoms with E-state index in [1.807, 2.05) is 24.7 Å². The van der Waals surface area contributed by atoms with Gasteiger partial charge in [-0.15, -0.1) is 0 Å². The van der Waals surface area contributed by atoms with Crippen LogP contribution in [0.1, 0.15) is 12.6 Å². The van der Waals surface area contributed by atoms with Crippen LogP contribution in [0.25, 0.3) is 0 Å². The van der Waals surface area contributed by atoms with Crippen LogP contribution in [0.4, 0.5) is 0 Å². The monoisotopic (exact) mass is 242 g/mol. The molecule has 0 N–H and O–H groups in total. The number of methoxy groups -OCH3 is 1. The van der Waals surface area contributed by atoms with Crippen molar-refractivity contribution in [1.29, 1.82) is 0 Å². The number of esters is 1. The molecule has 0 aliphatic heterocycles. The summed E-state index contributed by atoms with van der Waals surface area (Å²) in [7, 11) is 3.37. The van der Waals surface area contributed by atoms with Crippen LogP contribution in [-0.4, -0.2) is 34.4 Å². The molecule has 1 heterocycles. The number of carbonyl (C=O) groups excluding carboxylic acids is 1. The number of carbonyl (C=O) groups is 1. The van der Waals surface area contributed by atoms with Gasteiger partial charge in [0.05, 0.1) is 13.0 Å². The molecule has 90 valence electrons. The van der Waals surface area contributed by atoms with Gasteiger partial charge in [-0.05, 0) is 18.2 Å². The smallest absolute Gasteiger partial charge is 0.309 e. The second-order valence-corrected chi connectivity index (χ2v) is 4.85. The maximum atomic E-state index is 11.1. The standard InChI is InChI=1S/C11H18N2O2S/c1-9(11(14)15-3)8-16-7-5-10-4-6-12-13(10)2/h4,6,9H,5,7-8H2,1-3H3. The predicted molar refractivity (Wildman–Crippen MR) is 65.4 cm³/mol. The molecule has 0 bridgehead atoms. The van der Waals surface area contributed by atoms with Crippen LogP contribution in [0.15, 0.2) is 12.3 Å². The van der Waals surface area contributed by atoms with Crippen molar-refractivity contribution < 1.29 is 9.53 Å². The molecule has 4 nitrogen and oxygen atoms in total. The number of aromatic nitrogens is 2. The normalized spacial score (nSPS) is 12.4. The summed E-state index contributed by atoms with van der Waals surface area (Å²) in [5, 5.41) is 4.11. The van der Waals surface area contributed by atoms with Gasteiger partial charge in [-0.1, -0.05) is 6.92 Å². The fourth-order valence-corrected chi connectivity index (χ4v) is 2.36. The molecule has 16 heavy (non-hydrogen) atoms. The van der Waals surface area contributed by atoms with E-state index in [0.29, 0.717) is 0 Å². The van der Waals surface area contributed by atoms with E-state index in [1.54, 1.807) is 18.0 Å². The molecule has 5 heteroatoms. The first-order valence-corrected chi connectivity index (χ1v) is 6.43. The summed E-state index contributed by atoms with van der Waals surface area (Å²) in [5.74, 6) is 1.65. The highest BCUT2D eigenvalue weighted by atomic mass is 32.2. The largest absolute Gasteiger partial charge is 0.469 e. The molecule has 0 saturated heterocycles. The number of ether oxygens (including phenoxy) is 1. The van der Waals surface area contributed by atoms with Gasteiger partial charge in [-0.3, -0.25) is 9.48 Å². The third-order valence-electron chi connectivity index (χ3n) is 2.40. The molecule has 0 fully saturated rings. The zero-order chi connectivity index (χ0) is 12.0. The third kappa shape index (κ3) is 3.89. The maximum absolute atomic E-state index is 11.1. The van der Waals surface area contributed by atoms with Gasteiger partial charge < -0.3 is 4.74 Å². The Morgan fingerprint density at radius 3 is 3.00 bits per heavy atom. The Labute approximate surface area is 100 Å². The quantitative estimate of drug-likeness (QED) is 0.560. The fourth-order valence-electron chi connectivity index (χ4n) is 1.35. The SMILES string of the molecule is COC(=O)C(C)CSCCc1ccnn1C. The third-order valence-corrected chi connectivity index (χ3v) is 3.62. The average molecular weight is 242 g/mol. The van der Waals surface area contributed by atoms with Crippen molar-refractivity contribution in [3.63, 3.8) is 0 Å². The summed E-state index contributed by atoms with van der Waals surface area (Å²) >= 11 is 1.77. The minimum Gasteiger partial charge on any atom is -0.469 e. The molecule has 0 aromatic carbocycles. The van der Waals surface area contributed by atoms with E-state index in [9.17, 15) is 4.79 Å². The van der Waals surface area contributed by atoms with Crippen molar-refractivity contribution >= 4 is 17.7 Å². The molecular formula is C11H18N2O2S. The summed E-state index contributed by atoms with van der Waals surface area (Å²) in [6, 6.07) is 2.02. The molecule has 0 saturated carbocycles. The molecule has 1 unspecified atom stereocenters. The Balaban J connectivity index is 2.17. The number of rotatable bonds is 6. The number of hydrogen-bond acceptors (Lipinski definition) is 4. The molecule has 1 aromatic rings. The zero-order valence-electron chi connectivity index (χ0n) is 9.97. The van der Waals surface area contributed by atoms with E-state index in [0.717, 1.165) is 17.9 Å². The summed E-state index contributed by atoms with van der Waals surface area (Å²) in [6.45, 7) is 1.89. The first-order valence-electron chi connectivity index (χ1n) is 5.27. The summed E-state index contributed by atoms with van der Waals surface area (Å²) < 4.78 is 6.55. The van der Waals surface area contributed by atoms with Crippen LogP contribution in [-0.2, 0) is 23.0 Å². The van der Waals surface area contributed by atoms with Crippen molar-refractivity contribution in [3.05, 3.63) is 18.0 Å². The van der Waals surface area contributed by atoms with Crippen LogP contribution in [0, 0.1) is 5.92 Å². The van der Waals surface area contributed by atoms with Gasteiger partial charge in [0, 0.05) is 24.7 Å². The van der Waals surface area contributed by atoms with E-state index in [2.05, 4.69) is 9.84 Å². The minimum absolute atomic E-state index is 0.0264. The second-order valence-electron chi connectivity index (χ2n) is 3.70. The molecule has 1 rings (SSSR count). The van der Waals surface area contributed by atoms with E-state index >= 15 is 0 Å². The number of aryl methyl sites for hydroxylation is 2. The van der Waals surface area contributed by atoms with Crippen LogP contribution in [0.5, 0.6) is 0 Å². The van der Waals surface area contributed by atoms with Crippen LogP contribution in [0.3, 0.4) is 0 Å². The Hall–Kier alpha value is -0.970. The van der Waals surface area contributed by atoms with Gasteiger partial charge in [-0.2, -0.15) is 16.9 Å². The molecule has 0 radical (unpaired) electrons. The average Bonchev–Trinajstić information content (AvgIpc) is 2.69. The zero-order valence-corrected chi connectivity index (χ0v) is 10.8. The maximum Gasteiger partial charge on any atom is 0.309 e. The Kier molecular flexibility index (Phi) is 5.38. The molecular weight excluding hydrogens is 224 g/mol. The number of nitrogens with zero attached hydrogens (tertiary/aromatic N) is 2. The van der Waals surface area contributed by atoms with Crippen molar-refractivity contribution in [2.45, 2.75) is 13.3 Å².